The van der Waals surface area contributed by atoms with Crippen LogP contribution in [0.4, 0.5) is 13.2 Å². The van der Waals surface area contributed by atoms with Gasteiger partial charge >= 0.3 is 18.1 Å². The number of esters is 2. The first-order valence-corrected chi connectivity index (χ1v) is 5.80. The summed E-state index contributed by atoms with van der Waals surface area (Å²) in [4.78, 5) is 25.3. The molecule has 106 valence electrons. The van der Waals surface area contributed by atoms with E-state index in [4.69, 9.17) is 11.6 Å². The summed E-state index contributed by atoms with van der Waals surface area (Å²) in [5.41, 5.74) is -1.40. The minimum Gasteiger partial charge on any atom is -0.468 e. The smallest absolute Gasteiger partial charge is 0.434 e. The normalized spacial score (nSPS) is 11.5. The number of halogens is 4. The second-order valence-corrected chi connectivity index (χ2v) is 4.77. The molecule has 0 aliphatic heterocycles. The number of hydrogen-bond acceptors (Lipinski definition) is 6. The molecule has 0 atom stereocenters. The Morgan fingerprint density at radius 3 is 2.11 bits per heavy atom. The van der Waals surface area contributed by atoms with Crippen molar-refractivity contribution in [3.05, 3.63) is 15.0 Å². The van der Waals surface area contributed by atoms with E-state index in [1.165, 1.54) is 0 Å². The third-order valence-corrected chi connectivity index (χ3v) is 3.26. The van der Waals surface area contributed by atoms with Crippen LogP contribution in [0.25, 0.3) is 0 Å². The van der Waals surface area contributed by atoms with Crippen LogP contribution in [0.1, 0.15) is 16.5 Å². The minimum absolute atomic E-state index is 0.369. The first-order chi connectivity index (χ1) is 8.72. The predicted molar refractivity (Wildman–Crippen MR) is 58.9 cm³/mol. The number of ether oxygens (including phenoxy) is 2. The van der Waals surface area contributed by atoms with Crippen LogP contribution in [-0.4, -0.2) is 31.1 Å². The van der Waals surface area contributed by atoms with Crippen LogP contribution in [0.3, 0.4) is 0 Å². The van der Waals surface area contributed by atoms with Crippen molar-refractivity contribution in [3.8, 4) is 0 Å². The summed E-state index contributed by atoms with van der Waals surface area (Å²) >= 11 is 5.78. The van der Waals surface area contributed by atoms with Crippen molar-refractivity contribution in [1.82, 2.24) is 4.98 Å². The number of methoxy groups -OCH3 is 2. The van der Waals surface area contributed by atoms with Crippen molar-refractivity contribution in [3.63, 3.8) is 0 Å². The molecular weight excluding hydrogens is 311 g/mol. The van der Waals surface area contributed by atoms with Crippen LogP contribution < -0.4 is 0 Å². The van der Waals surface area contributed by atoms with Gasteiger partial charge in [-0.15, -0.1) is 11.3 Å². The lowest BCUT2D eigenvalue weighted by molar-refractivity contribution is -0.155. The van der Waals surface area contributed by atoms with E-state index in [0.29, 0.717) is 11.3 Å². The highest BCUT2D eigenvalue weighted by atomic mass is 35.5. The van der Waals surface area contributed by atoms with Gasteiger partial charge in [0.05, 0.1) is 19.1 Å². The van der Waals surface area contributed by atoms with Crippen molar-refractivity contribution in [1.29, 1.82) is 0 Å². The van der Waals surface area contributed by atoms with Crippen molar-refractivity contribution >= 4 is 34.9 Å². The Balaban J connectivity index is 3.38. The molecule has 0 unspecified atom stereocenters. The standard InChI is InChI=1S/C9H7ClF3NO4S/c1-17-6(15)3(7(16)18-2)4-5(9(11,12)13)14-8(10)19-4/h3H,1-2H3. The molecule has 0 saturated carbocycles. The molecule has 0 spiro atoms. The van der Waals surface area contributed by atoms with E-state index in [-0.39, 0.29) is 0 Å². The summed E-state index contributed by atoms with van der Waals surface area (Å²) < 4.78 is 46.4. The Kier molecular flexibility index (Phi) is 4.75. The van der Waals surface area contributed by atoms with Gasteiger partial charge in [0.15, 0.2) is 16.1 Å². The van der Waals surface area contributed by atoms with Gasteiger partial charge in [-0.1, -0.05) is 11.6 Å². The van der Waals surface area contributed by atoms with Gasteiger partial charge in [-0.25, -0.2) is 4.98 Å². The summed E-state index contributed by atoms with van der Waals surface area (Å²) in [5, 5.41) is 0. The molecule has 1 rings (SSSR count). The molecule has 0 amide bonds. The molecule has 5 nitrogen and oxygen atoms in total. The highest BCUT2D eigenvalue weighted by molar-refractivity contribution is 7.16. The zero-order valence-corrected chi connectivity index (χ0v) is 11.2. The highest BCUT2D eigenvalue weighted by Crippen LogP contribution is 2.40. The number of thiazole rings is 1. The van der Waals surface area contributed by atoms with Gasteiger partial charge in [-0.2, -0.15) is 13.2 Å². The van der Waals surface area contributed by atoms with Crippen LogP contribution in [0.2, 0.25) is 4.47 Å². The van der Waals surface area contributed by atoms with Crippen molar-refractivity contribution < 1.29 is 32.2 Å². The molecule has 0 aliphatic carbocycles. The van der Waals surface area contributed by atoms with Gasteiger partial charge in [-0.3, -0.25) is 9.59 Å². The SMILES string of the molecule is COC(=O)C(C(=O)OC)c1sc(Cl)nc1C(F)(F)F. The van der Waals surface area contributed by atoms with Gasteiger partial charge in [0.2, 0.25) is 0 Å². The van der Waals surface area contributed by atoms with E-state index in [2.05, 4.69) is 14.5 Å². The van der Waals surface area contributed by atoms with E-state index in [1.54, 1.807) is 0 Å². The fraction of sp³-hybridized carbons (Fsp3) is 0.444. The molecule has 0 fully saturated rings. The van der Waals surface area contributed by atoms with E-state index in [9.17, 15) is 22.8 Å². The first-order valence-electron chi connectivity index (χ1n) is 4.61. The second-order valence-electron chi connectivity index (χ2n) is 3.16. The van der Waals surface area contributed by atoms with Crippen LogP contribution in [0.15, 0.2) is 0 Å². The lowest BCUT2D eigenvalue weighted by atomic mass is 10.1. The number of alkyl halides is 3. The molecule has 0 aliphatic rings. The van der Waals surface area contributed by atoms with Gasteiger partial charge < -0.3 is 9.47 Å². The molecular formula is C9H7ClF3NO4S. The monoisotopic (exact) mass is 317 g/mol. The Bertz CT molecular complexity index is 486. The molecule has 0 N–H and O–H groups in total. The molecule has 1 aromatic heterocycles. The molecule has 19 heavy (non-hydrogen) atoms. The van der Waals surface area contributed by atoms with Crippen LogP contribution in [0, 0.1) is 0 Å². The first kappa shape index (κ1) is 15.7. The summed E-state index contributed by atoms with van der Waals surface area (Å²) in [5.74, 6) is -4.23. The molecule has 1 heterocycles. The zero-order valence-electron chi connectivity index (χ0n) is 9.58. The topological polar surface area (TPSA) is 65.5 Å². The van der Waals surface area contributed by atoms with Crippen molar-refractivity contribution in [2.24, 2.45) is 0 Å². The van der Waals surface area contributed by atoms with E-state index in [0.717, 1.165) is 14.2 Å². The molecule has 0 saturated heterocycles. The molecule has 0 radical (unpaired) electrons. The zero-order chi connectivity index (χ0) is 14.8. The maximum atomic E-state index is 12.7. The van der Waals surface area contributed by atoms with Crippen molar-refractivity contribution in [2.45, 2.75) is 12.1 Å². The number of aromatic nitrogens is 1. The quantitative estimate of drug-likeness (QED) is 0.632. The summed E-state index contributed by atoms with van der Waals surface area (Å²) in [6.07, 6.45) is -4.85. The van der Waals surface area contributed by atoms with Gasteiger partial charge in [0.25, 0.3) is 0 Å². The maximum absolute atomic E-state index is 12.7. The summed E-state index contributed by atoms with van der Waals surface area (Å²) in [7, 11) is 1.88. The fourth-order valence-corrected chi connectivity index (χ4v) is 2.47. The largest absolute Gasteiger partial charge is 0.468 e. The Morgan fingerprint density at radius 2 is 1.74 bits per heavy atom. The highest BCUT2D eigenvalue weighted by Gasteiger charge is 2.44. The molecule has 0 aromatic carbocycles. The number of nitrogens with zero attached hydrogens (tertiary/aromatic N) is 1. The van der Waals surface area contributed by atoms with Crippen molar-refractivity contribution in [2.75, 3.05) is 14.2 Å². The summed E-state index contributed by atoms with van der Waals surface area (Å²) in [6.45, 7) is 0. The van der Waals surface area contributed by atoms with Crippen LogP contribution >= 0.6 is 22.9 Å². The predicted octanol–water partition coefficient (Wildman–Crippen LogP) is 2.24. The Morgan fingerprint density at radius 1 is 1.26 bits per heavy atom. The molecule has 0 bridgehead atoms. The lowest BCUT2D eigenvalue weighted by Crippen LogP contribution is -2.26. The van der Waals surface area contributed by atoms with Gasteiger partial charge in [-0.05, 0) is 0 Å². The van der Waals surface area contributed by atoms with E-state index in [1.807, 2.05) is 0 Å². The number of hydrogen-bond donors (Lipinski definition) is 0. The third-order valence-electron chi connectivity index (χ3n) is 2.03. The fourth-order valence-electron chi connectivity index (χ4n) is 1.25. The lowest BCUT2D eigenvalue weighted by Gasteiger charge is -2.13. The average molecular weight is 318 g/mol. The number of rotatable bonds is 3. The Hall–Kier alpha value is -1.35. The second kappa shape index (κ2) is 5.74. The Labute approximate surface area is 114 Å². The molecule has 10 heteroatoms. The number of carbonyl (C=O) groups excluding carboxylic acids is 2. The minimum atomic E-state index is -4.85. The number of carbonyl (C=O) groups is 2. The van der Waals surface area contributed by atoms with E-state index >= 15 is 0 Å². The van der Waals surface area contributed by atoms with Crippen LogP contribution in [-0.2, 0) is 25.2 Å². The van der Waals surface area contributed by atoms with Gasteiger partial charge in [0, 0.05) is 0 Å². The van der Waals surface area contributed by atoms with E-state index < -0.39 is 39.1 Å². The maximum Gasteiger partial charge on any atom is 0.434 e. The van der Waals surface area contributed by atoms with Crippen LogP contribution in [0.5, 0.6) is 0 Å². The van der Waals surface area contributed by atoms with Gasteiger partial charge in [0.1, 0.15) is 0 Å². The summed E-state index contributed by atoms with van der Waals surface area (Å²) in [6, 6.07) is 0. The average Bonchev–Trinajstić information content (AvgIpc) is 2.70. The molecule has 1 aromatic rings. The third kappa shape index (κ3) is 3.35.